The lowest BCUT2D eigenvalue weighted by Gasteiger charge is -2.60. The van der Waals surface area contributed by atoms with Crippen LogP contribution >= 0.6 is 0 Å². The van der Waals surface area contributed by atoms with E-state index in [1.807, 2.05) is 7.05 Å². The van der Waals surface area contributed by atoms with Crippen LogP contribution in [0.15, 0.2) is 35.3 Å². The average molecular weight is 399 g/mol. The summed E-state index contributed by atoms with van der Waals surface area (Å²) in [5, 5.41) is 7.45. The number of rotatable bonds is 5. The van der Waals surface area contributed by atoms with Crippen molar-refractivity contribution in [1.29, 1.82) is 0 Å². The van der Waals surface area contributed by atoms with Crippen LogP contribution in [0.5, 0.6) is 0 Å². The van der Waals surface area contributed by atoms with E-state index in [0.29, 0.717) is 24.1 Å². The van der Waals surface area contributed by atoms with Crippen molar-refractivity contribution in [2.24, 2.45) is 16.3 Å². The number of ether oxygens (including phenoxy) is 1. The lowest BCUT2D eigenvalue weighted by molar-refractivity contribution is -0.188. The van der Waals surface area contributed by atoms with Gasteiger partial charge in [-0.2, -0.15) is 0 Å². The minimum absolute atomic E-state index is 0.170. The van der Waals surface area contributed by atoms with Crippen LogP contribution in [-0.2, 0) is 11.2 Å². The molecule has 2 N–H and O–H groups in total. The van der Waals surface area contributed by atoms with Crippen LogP contribution in [0.3, 0.4) is 0 Å². The zero-order valence-corrected chi connectivity index (χ0v) is 18.4. The molecule has 3 aliphatic rings. The molecule has 0 amide bonds. The van der Waals surface area contributed by atoms with E-state index in [-0.39, 0.29) is 5.41 Å². The second-order valence-electron chi connectivity index (χ2n) is 9.61. The molecule has 1 aliphatic carbocycles. The van der Waals surface area contributed by atoms with Crippen LogP contribution in [0, 0.1) is 11.3 Å². The van der Waals surface area contributed by atoms with Crippen LogP contribution in [0.1, 0.15) is 45.1 Å². The van der Waals surface area contributed by atoms with Crippen molar-refractivity contribution in [3.05, 3.63) is 35.9 Å². The number of hydrogen-bond acceptors (Lipinski definition) is 3. The zero-order valence-electron chi connectivity index (χ0n) is 18.4. The number of guanidine groups is 1. The van der Waals surface area contributed by atoms with E-state index < -0.39 is 0 Å². The van der Waals surface area contributed by atoms with Crippen molar-refractivity contribution < 1.29 is 4.74 Å². The van der Waals surface area contributed by atoms with Gasteiger partial charge in [0.1, 0.15) is 0 Å². The molecule has 0 spiro atoms. The number of nitrogens with zero attached hydrogens (tertiary/aromatic N) is 2. The number of piperidine rings is 1. The second kappa shape index (κ2) is 9.05. The summed E-state index contributed by atoms with van der Waals surface area (Å²) in [7, 11) is 1.89. The molecule has 3 atom stereocenters. The van der Waals surface area contributed by atoms with E-state index in [0.717, 1.165) is 38.6 Å². The monoisotopic (exact) mass is 398 g/mol. The fourth-order valence-corrected chi connectivity index (χ4v) is 5.56. The Morgan fingerprint density at radius 3 is 2.62 bits per heavy atom. The first kappa shape index (κ1) is 20.7. The average Bonchev–Trinajstić information content (AvgIpc) is 2.76. The molecule has 1 aromatic rings. The molecule has 0 bridgehead atoms. The van der Waals surface area contributed by atoms with Crippen molar-refractivity contribution in [3.63, 3.8) is 0 Å². The van der Waals surface area contributed by atoms with Gasteiger partial charge in [0, 0.05) is 56.7 Å². The Kier molecular flexibility index (Phi) is 6.45. The van der Waals surface area contributed by atoms with Crippen molar-refractivity contribution >= 4 is 5.96 Å². The van der Waals surface area contributed by atoms with Crippen LogP contribution in [0.25, 0.3) is 0 Å². The topological polar surface area (TPSA) is 48.9 Å². The highest BCUT2D eigenvalue weighted by molar-refractivity contribution is 5.80. The second-order valence-corrected chi connectivity index (χ2v) is 9.61. The third-order valence-electron chi connectivity index (χ3n) is 7.33. The molecule has 3 unspecified atom stereocenters. The Morgan fingerprint density at radius 2 is 1.90 bits per heavy atom. The lowest BCUT2D eigenvalue weighted by Crippen LogP contribution is -2.71. The molecule has 1 saturated carbocycles. The van der Waals surface area contributed by atoms with Gasteiger partial charge in [-0.05, 0) is 37.7 Å². The molecule has 3 fully saturated rings. The van der Waals surface area contributed by atoms with Crippen molar-refractivity contribution in [2.45, 2.75) is 64.1 Å². The van der Waals surface area contributed by atoms with Crippen molar-refractivity contribution in [1.82, 2.24) is 15.5 Å². The van der Waals surface area contributed by atoms with Gasteiger partial charge in [0.2, 0.25) is 0 Å². The van der Waals surface area contributed by atoms with Crippen LogP contribution < -0.4 is 10.6 Å². The standard InChI is InChI=1S/C24H38N4O/c1-24(2)21(20-10-7-17-29-22(20)24)27-23(25-3)26-19-12-15-28(16-13-19)14-11-18-8-5-4-6-9-18/h4-6,8-9,19-22H,7,10-17H2,1-3H3,(H2,25,26,27). The molecule has 5 heteroatoms. The summed E-state index contributed by atoms with van der Waals surface area (Å²) in [6.45, 7) is 9.06. The predicted molar refractivity (Wildman–Crippen MR) is 119 cm³/mol. The van der Waals surface area contributed by atoms with Gasteiger partial charge >= 0.3 is 0 Å². The van der Waals surface area contributed by atoms with Gasteiger partial charge in [0.15, 0.2) is 5.96 Å². The van der Waals surface area contributed by atoms with Crippen LogP contribution in [0.2, 0.25) is 0 Å². The number of fused-ring (bicyclic) bond motifs is 1. The highest BCUT2D eigenvalue weighted by Gasteiger charge is 2.58. The Morgan fingerprint density at radius 1 is 1.14 bits per heavy atom. The maximum atomic E-state index is 6.05. The first-order valence-corrected chi connectivity index (χ1v) is 11.5. The fourth-order valence-electron chi connectivity index (χ4n) is 5.56. The summed E-state index contributed by atoms with van der Waals surface area (Å²) in [5.41, 5.74) is 1.61. The molecule has 160 valence electrons. The smallest absolute Gasteiger partial charge is 0.191 e. The summed E-state index contributed by atoms with van der Waals surface area (Å²) in [6, 6.07) is 11.8. The van der Waals surface area contributed by atoms with E-state index in [9.17, 15) is 0 Å². The predicted octanol–water partition coefficient (Wildman–Crippen LogP) is 3.06. The highest BCUT2D eigenvalue weighted by Crippen LogP contribution is 2.51. The number of likely N-dealkylation sites (tertiary alicyclic amines) is 1. The van der Waals surface area contributed by atoms with Gasteiger partial charge in [-0.25, -0.2) is 0 Å². The third-order valence-corrected chi connectivity index (χ3v) is 7.33. The minimum Gasteiger partial charge on any atom is -0.377 e. The number of nitrogens with one attached hydrogen (secondary N) is 2. The largest absolute Gasteiger partial charge is 0.377 e. The molecule has 29 heavy (non-hydrogen) atoms. The molecule has 5 nitrogen and oxygen atoms in total. The van der Waals surface area contributed by atoms with Gasteiger partial charge in [-0.3, -0.25) is 4.99 Å². The van der Waals surface area contributed by atoms with Gasteiger partial charge in [-0.15, -0.1) is 0 Å². The zero-order chi connectivity index (χ0) is 20.3. The Balaban J connectivity index is 1.22. The Hall–Kier alpha value is -1.59. The number of aliphatic imine (C=N–C) groups is 1. The minimum atomic E-state index is 0.170. The van der Waals surface area contributed by atoms with Crippen LogP contribution in [0.4, 0.5) is 0 Å². The molecular weight excluding hydrogens is 360 g/mol. The maximum Gasteiger partial charge on any atom is 0.191 e. The van der Waals surface area contributed by atoms with Gasteiger partial charge in [0.05, 0.1) is 6.10 Å². The molecular formula is C24H38N4O. The first-order chi connectivity index (χ1) is 14.1. The molecule has 0 radical (unpaired) electrons. The van der Waals surface area contributed by atoms with E-state index in [1.54, 1.807) is 0 Å². The van der Waals surface area contributed by atoms with E-state index in [2.05, 4.69) is 64.7 Å². The molecule has 4 rings (SSSR count). The molecule has 1 aromatic carbocycles. The quantitative estimate of drug-likeness (QED) is 0.591. The summed E-state index contributed by atoms with van der Waals surface area (Å²) < 4.78 is 6.05. The molecule has 2 aliphatic heterocycles. The number of benzene rings is 1. The summed E-state index contributed by atoms with van der Waals surface area (Å²) in [6.07, 6.45) is 6.35. The summed E-state index contributed by atoms with van der Waals surface area (Å²) >= 11 is 0. The van der Waals surface area contributed by atoms with Gasteiger partial charge < -0.3 is 20.3 Å². The first-order valence-electron chi connectivity index (χ1n) is 11.5. The third kappa shape index (κ3) is 4.61. The summed E-state index contributed by atoms with van der Waals surface area (Å²) in [5.74, 6) is 1.59. The number of hydrogen-bond donors (Lipinski definition) is 2. The maximum absolute atomic E-state index is 6.05. The van der Waals surface area contributed by atoms with Crippen LogP contribution in [-0.4, -0.2) is 62.3 Å². The van der Waals surface area contributed by atoms with Gasteiger partial charge in [0.25, 0.3) is 0 Å². The van der Waals surface area contributed by atoms with E-state index in [1.165, 1.54) is 31.2 Å². The Labute approximate surface area is 176 Å². The van der Waals surface area contributed by atoms with Crippen molar-refractivity contribution in [3.8, 4) is 0 Å². The Bertz CT molecular complexity index is 681. The molecule has 0 aromatic heterocycles. The van der Waals surface area contributed by atoms with E-state index >= 15 is 0 Å². The van der Waals surface area contributed by atoms with Gasteiger partial charge in [-0.1, -0.05) is 44.2 Å². The summed E-state index contributed by atoms with van der Waals surface area (Å²) in [4.78, 5) is 7.14. The highest BCUT2D eigenvalue weighted by atomic mass is 16.5. The van der Waals surface area contributed by atoms with E-state index in [4.69, 9.17) is 4.74 Å². The molecule has 2 saturated heterocycles. The van der Waals surface area contributed by atoms with Crippen molar-refractivity contribution in [2.75, 3.05) is 33.3 Å². The SMILES string of the molecule is CN=C(NC1CCN(CCc2ccccc2)CC1)NC1C2CCCOC2C1(C)C. The fraction of sp³-hybridized carbons (Fsp3) is 0.708. The molecule has 2 heterocycles. The lowest BCUT2D eigenvalue weighted by atomic mass is 9.55. The normalized spacial score (nSPS) is 30.3.